The van der Waals surface area contributed by atoms with Crippen LogP contribution >= 0.6 is 15.9 Å². The van der Waals surface area contributed by atoms with Crippen molar-refractivity contribution in [3.8, 4) is 22.9 Å². The molecule has 0 unspecified atom stereocenters. The van der Waals surface area contributed by atoms with Gasteiger partial charge in [-0.15, -0.1) is 0 Å². The number of benzene rings is 1. The summed E-state index contributed by atoms with van der Waals surface area (Å²) in [6.45, 7) is 0.221. The van der Waals surface area contributed by atoms with E-state index in [9.17, 15) is 0 Å². The van der Waals surface area contributed by atoms with Gasteiger partial charge in [0, 0.05) is 22.9 Å². The Bertz CT molecular complexity index is 681. The highest BCUT2D eigenvalue weighted by Crippen LogP contribution is 2.50. The molecular weight excluding hydrogens is 326 g/mol. The average molecular weight is 338 g/mol. The molecule has 1 saturated carbocycles. The van der Waals surface area contributed by atoms with Crippen molar-refractivity contribution in [3.05, 3.63) is 22.5 Å². The molecule has 0 bridgehead atoms. The first kappa shape index (κ1) is 12.2. The number of halogens is 1. The van der Waals surface area contributed by atoms with Crippen molar-refractivity contribution in [1.82, 2.24) is 10.1 Å². The van der Waals surface area contributed by atoms with Crippen LogP contribution in [-0.4, -0.2) is 15.9 Å². The molecule has 1 aliphatic heterocycles. The molecule has 0 amide bonds. The molecule has 2 heterocycles. The molecule has 2 aliphatic rings. The number of hydrogen-bond donors (Lipinski definition) is 1. The van der Waals surface area contributed by atoms with Crippen molar-refractivity contribution in [2.75, 3.05) is 0 Å². The summed E-state index contributed by atoms with van der Waals surface area (Å²) in [5.74, 6) is 1.92. The molecule has 1 aromatic heterocycles. The van der Waals surface area contributed by atoms with Crippen molar-refractivity contribution in [1.29, 1.82) is 0 Å². The van der Waals surface area contributed by atoms with E-state index in [1.54, 1.807) is 0 Å². The maximum absolute atomic E-state index is 5.93. The van der Waals surface area contributed by atoms with Gasteiger partial charge in [-0.3, -0.25) is 0 Å². The zero-order chi connectivity index (χ0) is 13.7. The van der Waals surface area contributed by atoms with Crippen LogP contribution in [0.2, 0.25) is 0 Å². The van der Waals surface area contributed by atoms with E-state index in [0.717, 1.165) is 40.8 Å². The molecule has 4 rings (SSSR count). The van der Waals surface area contributed by atoms with Gasteiger partial charge >= 0.3 is 0 Å². The largest absolute Gasteiger partial charge is 0.448 e. The molecule has 2 aromatic rings. The third-order valence-corrected chi connectivity index (χ3v) is 4.28. The SMILES string of the molecule is NCc1nc(-c2cc3c(cc2Br)OC2(CCC2)O3)no1. The first-order chi connectivity index (χ1) is 9.69. The maximum Gasteiger partial charge on any atom is 0.251 e. The topological polar surface area (TPSA) is 83.4 Å². The summed E-state index contributed by atoms with van der Waals surface area (Å²) in [4.78, 5) is 4.23. The van der Waals surface area contributed by atoms with E-state index in [-0.39, 0.29) is 6.54 Å². The van der Waals surface area contributed by atoms with Crippen molar-refractivity contribution < 1.29 is 14.0 Å². The van der Waals surface area contributed by atoms with E-state index in [4.69, 9.17) is 19.7 Å². The number of ether oxygens (including phenoxy) is 2. The quantitative estimate of drug-likeness (QED) is 0.906. The van der Waals surface area contributed by atoms with Gasteiger partial charge in [0.25, 0.3) is 5.79 Å². The summed E-state index contributed by atoms with van der Waals surface area (Å²) >= 11 is 3.51. The lowest BCUT2D eigenvalue weighted by Gasteiger charge is -2.35. The van der Waals surface area contributed by atoms with Gasteiger partial charge in [0.05, 0.1) is 6.54 Å². The smallest absolute Gasteiger partial charge is 0.251 e. The number of nitrogens with zero attached hydrogens (tertiary/aromatic N) is 2. The number of fused-ring (bicyclic) bond motifs is 1. The molecule has 0 saturated heterocycles. The third-order valence-electron chi connectivity index (χ3n) is 3.62. The lowest BCUT2D eigenvalue weighted by molar-refractivity contribution is -0.138. The van der Waals surface area contributed by atoms with Gasteiger partial charge in [0.1, 0.15) is 0 Å². The monoisotopic (exact) mass is 337 g/mol. The molecule has 1 aliphatic carbocycles. The van der Waals surface area contributed by atoms with E-state index in [1.165, 1.54) is 0 Å². The molecule has 6 nitrogen and oxygen atoms in total. The number of nitrogens with two attached hydrogens (primary N) is 1. The Labute approximate surface area is 123 Å². The van der Waals surface area contributed by atoms with Gasteiger partial charge in [-0.05, 0) is 34.5 Å². The Kier molecular flexibility index (Phi) is 2.55. The highest BCUT2D eigenvalue weighted by Gasteiger charge is 2.47. The molecule has 20 heavy (non-hydrogen) atoms. The minimum Gasteiger partial charge on any atom is -0.448 e. The van der Waals surface area contributed by atoms with Gasteiger partial charge in [-0.2, -0.15) is 4.98 Å². The summed E-state index contributed by atoms with van der Waals surface area (Å²) < 4.78 is 17.7. The molecule has 7 heteroatoms. The minimum atomic E-state index is -0.444. The van der Waals surface area contributed by atoms with Crippen molar-refractivity contribution in [2.45, 2.75) is 31.6 Å². The fraction of sp³-hybridized carbons (Fsp3) is 0.385. The zero-order valence-electron chi connectivity index (χ0n) is 10.6. The lowest BCUT2D eigenvalue weighted by Crippen LogP contribution is -2.45. The first-order valence-electron chi connectivity index (χ1n) is 6.44. The fourth-order valence-electron chi connectivity index (χ4n) is 2.40. The molecule has 1 aromatic carbocycles. The summed E-state index contributed by atoms with van der Waals surface area (Å²) in [7, 11) is 0. The molecule has 1 spiro atoms. The van der Waals surface area contributed by atoms with Crippen LogP contribution in [0.25, 0.3) is 11.4 Å². The van der Waals surface area contributed by atoms with Crippen LogP contribution in [-0.2, 0) is 6.54 Å². The number of aromatic nitrogens is 2. The Morgan fingerprint density at radius 3 is 2.60 bits per heavy atom. The van der Waals surface area contributed by atoms with Gasteiger partial charge in [0.15, 0.2) is 11.5 Å². The molecular formula is C13H12BrN3O3. The van der Waals surface area contributed by atoms with Crippen LogP contribution in [0.15, 0.2) is 21.1 Å². The highest BCUT2D eigenvalue weighted by molar-refractivity contribution is 9.10. The number of rotatable bonds is 2. The second-order valence-corrected chi connectivity index (χ2v) is 5.82. The predicted octanol–water partition coefficient (Wildman–Crippen LogP) is 2.61. The number of hydrogen-bond acceptors (Lipinski definition) is 6. The zero-order valence-corrected chi connectivity index (χ0v) is 12.1. The standard InChI is InChI=1S/C13H12BrN3O3/c14-8-5-10-9(18-13(19-10)2-1-3-13)4-7(8)12-16-11(6-15)20-17-12/h4-5H,1-3,6,15H2. The van der Waals surface area contributed by atoms with Crippen LogP contribution in [0.3, 0.4) is 0 Å². The van der Waals surface area contributed by atoms with E-state index >= 15 is 0 Å². The van der Waals surface area contributed by atoms with Crippen molar-refractivity contribution in [2.24, 2.45) is 5.73 Å². The van der Waals surface area contributed by atoms with Crippen LogP contribution in [0, 0.1) is 0 Å². The Balaban J connectivity index is 1.74. The van der Waals surface area contributed by atoms with Gasteiger partial charge in [-0.1, -0.05) is 5.16 Å². The summed E-state index contributed by atoms with van der Waals surface area (Å²) in [6.07, 6.45) is 2.98. The minimum absolute atomic E-state index is 0.221. The van der Waals surface area contributed by atoms with Gasteiger partial charge in [-0.25, -0.2) is 0 Å². The molecule has 2 N–H and O–H groups in total. The van der Waals surface area contributed by atoms with Gasteiger partial charge < -0.3 is 19.7 Å². The highest BCUT2D eigenvalue weighted by atomic mass is 79.9. The van der Waals surface area contributed by atoms with E-state index in [0.29, 0.717) is 11.7 Å². The fourth-order valence-corrected chi connectivity index (χ4v) is 2.90. The van der Waals surface area contributed by atoms with Crippen LogP contribution in [0.4, 0.5) is 0 Å². The summed E-state index contributed by atoms with van der Waals surface area (Å²) in [5, 5.41) is 3.92. The Morgan fingerprint density at radius 1 is 1.25 bits per heavy atom. The summed E-state index contributed by atoms with van der Waals surface area (Å²) in [6, 6.07) is 3.76. The van der Waals surface area contributed by atoms with E-state index in [2.05, 4.69) is 26.1 Å². The van der Waals surface area contributed by atoms with Crippen LogP contribution < -0.4 is 15.2 Å². The molecule has 0 atom stereocenters. The normalized spacial score (nSPS) is 18.3. The van der Waals surface area contributed by atoms with Crippen molar-refractivity contribution >= 4 is 15.9 Å². The Hall–Kier alpha value is -1.60. The van der Waals surface area contributed by atoms with E-state index in [1.807, 2.05) is 12.1 Å². The van der Waals surface area contributed by atoms with Gasteiger partial charge in [0.2, 0.25) is 11.7 Å². The molecule has 0 radical (unpaired) electrons. The average Bonchev–Trinajstić information content (AvgIpc) is 3.00. The second kappa shape index (κ2) is 4.20. The van der Waals surface area contributed by atoms with Crippen molar-refractivity contribution in [3.63, 3.8) is 0 Å². The maximum atomic E-state index is 5.93. The first-order valence-corrected chi connectivity index (χ1v) is 7.23. The summed E-state index contributed by atoms with van der Waals surface area (Å²) in [5.41, 5.74) is 6.28. The predicted molar refractivity (Wildman–Crippen MR) is 73.2 cm³/mol. The molecule has 1 fully saturated rings. The lowest BCUT2D eigenvalue weighted by atomic mass is 9.91. The second-order valence-electron chi connectivity index (χ2n) is 4.96. The van der Waals surface area contributed by atoms with Crippen LogP contribution in [0.1, 0.15) is 25.2 Å². The molecule has 104 valence electrons. The Morgan fingerprint density at radius 2 is 2.00 bits per heavy atom. The van der Waals surface area contributed by atoms with E-state index < -0.39 is 5.79 Å². The van der Waals surface area contributed by atoms with Crippen LogP contribution in [0.5, 0.6) is 11.5 Å². The third kappa shape index (κ3) is 1.73.